The van der Waals surface area contributed by atoms with Crippen molar-refractivity contribution in [2.45, 2.75) is 44.8 Å². The van der Waals surface area contributed by atoms with E-state index in [-0.39, 0.29) is 0 Å². The molecule has 8 heteroatoms. The van der Waals surface area contributed by atoms with E-state index in [9.17, 15) is 0 Å². The lowest BCUT2D eigenvalue weighted by Gasteiger charge is -2.09. The van der Waals surface area contributed by atoms with Gasteiger partial charge in [-0.3, -0.25) is 0 Å². The van der Waals surface area contributed by atoms with Crippen LogP contribution in [0.2, 0.25) is 0 Å². The van der Waals surface area contributed by atoms with Crippen molar-refractivity contribution >= 4 is 11.8 Å². The summed E-state index contributed by atoms with van der Waals surface area (Å²) in [6.45, 7) is 8.47. The second-order valence-electron chi connectivity index (χ2n) is 5.01. The monoisotopic (exact) mass is 295 g/mol. The van der Waals surface area contributed by atoms with E-state index in [1.165, 1.54) is 0 Å². The molecule has 0 bridgehead atoms. The molecule has 2 rings (SSSR count). The van der Waals surface area contributed by atoms with Crippen molar-refractivity contribution in [3.05, 3.63) is 18.0 Å². The summed E-state index contributed by atoms with van der Waals surface area (Å²) in [6, 6.07) is 0. The van der Waals surface area contributed by atoms with Gasteiger partial charge in [-0.1, -0.05) is 25.6 Å². The van der Waals surface area contributed by atoms with E-state index < -0.39 is 0 Å². The van der Waals surface area contributed by atoms with Gasteiger partial charge in [-0.25, -0.2) is 9.67 Å². The van der Waals surface area contributed by atoms with E-state index >= 15 is 0 Å². The van der Waals surface area contributed by atoms with Gasteiger partial charge in [-0.05, 0) is 12.8 Å². The molecule has 2 N–H and O–H groups in total. The average molecular weight is 295 g/mol. The summed E-state index contributed by atoms with van der Waals surface area (Å²) >= 11 is 1.62. The average Bonchev–Trinajstić information content (AvgIpc) is 2.96. The smallest absolute Gasteiger partial charge is 0.191 e. The fraction of sp³-hybridized carbons (Fsp3) is 0.667. The SMILES string of the molecule is Cc1nnc(SCc2ncnn2CC(C)C)n1CCN. The zero-order valence-electron chi connectivity index (χ0n) is 12.2. The van der Waals surface area contributed by atoms with E-state index in [1.54, 1.807) is 18.1 Å². The molecule has 0 radical (unpaired) electrons. The Kier molecular flexibility index (Phi) is 5.13. The Balaban J connectivity index is 2.04. The third kappa shape index (κ3) is 3.57. The molecule has 7 nitrogen and oxygen atoms in total. The Morgan fingerprint density at radius 3 is 2.85 bits per heavy atom. The molecule has 0 aliphatic rings. The molecule has 0 aliphatic carbocycles. The molecule has 0 atom stereocenters. The van der Waals surface area contributed by atoms with E-state index in [4.69, 9.17) is 5.73 Å². The van der Waals surface area contributed by atoms with Gasteiger partial charge in [0.15, 0.2) is 5.16 Å². The normalized spacial score (nSPS) is 11.4. The fourth-order valence-electron chi connectivity index (χ4n) is 1.88. The summed E-state index contributed by atoms with van der Waals surface area (Å²) in [6.07, 6.45) is 1.61. The van der Waals surface area contributed by atoms with Crippen LogP contribution in [0.4, 0.5) is 0 Å². The minimum atomic E-state index is 0.545. The molecule has 2 heterocycles. The van der Waals surface area contributed by atoms with E-state index in [0.717, 1.165) is 35.6 Å². The van der Waals surface area contributed by atoms with E-state index in [2.05, 4.69) is 34.1 Å². The topological polar surface area (TPSA) is 87.4 Å². The van der Waals surface area contributed by atoms with Gasteiger partial charge in [-0.2, -0.15) is 5.10 Å². The number of aryl methyl sites for hydroxylation is 1. The van der Waals surface area contributed by atoms with Crippen molar-refractivity contribution < 1.29 is 0 Å². The molecule has 0 fully saturated rings. The Labute approximate surface area is 123 Å². The van der Waals surface area contributed by atoms with Gasteiger partial charge in [0.1, 0.15) is 18.0 Å². The van der Waals surface area contributed by atoms with Crippen molar-refractivity contribution in [3.8, 4) is 0 Å². The summed E-state index contributed by atoms with van der Waals surface area (Å²) < 4.78 is 3.99. The first-order valence-corrected chi connectivity index (χ1v) is 7.69. The Morgan fingerprint density at radius 1 is 1.35 bits per heavy atom. The maximum absolute atomic E-state index is 5.62. The zero-order chi connectivity index (χ0) is 14.5. The van der Waals surface area contributed by atoms with Crippen LogP contribution in [0.15, 0.2) is 11.5 Å². The predicted octanol–water partition coefficient (Wildman–Crippen LogP) is 1.09. The van der Waals surface area contributed by atoms with Gasteiger partial charge in [-0.15, -0.1) is 10.2 Å². The number of nitrogens with zero attached hydrogens (tertiary/aromatic N) is 6. The van der Waals surface area contributed by atoms with Gasteiger partial charge in [0.05, 0.1) is 5.75 Å². The second-order valence-corrected chi connectivity index (χ2v) is 5.95. The summed E-state index contributed by atoms with van der Waals surface area (Å²) in [5, 5.41) is 13.4. The lowest BCUT2D eigenvalue weighted by molar-refractivity contribution is 0.471. The van der Waals surface area contributed by atoms with E-state index in [1.807, 2.05) is 16.2 Å². The van der Waals surface area contributed by atoms with Crippen LogP contribution in [0, 0.1) is 12.8 Å². The number of hydrogen-bond donors (Lipinski definition) is 1. The first-order valence-electron chi connectivity index (χ1n) is 6.71. The first-order chi connectivity index (χ1) is 9.61. The quantitative estimate of drug-likeness (QED) is 0.769. The molecule has 0 amide bonds. The van der Waals surface area contributed by atoms with Crippen LogP contribution in [0.3, 0.4) is 0 Å². The third-order valence-corrected chi connectivity index (χ3v) is 3.78. The predicted molar refractivity (Wildman–Crippen MR) is 78.2 cm³/mol. The Hall–Kier alpha value is -1.41. The molecule has 20 heavy (non-hydrogen) atoms. The molecule has 0 aliphatic heterocycles. The molecule has 0 saturated heterocycles. The number of nitrogens with two attached hydrogens (primary N) is 1. The van der Waals surface area contributed by atoms with Crippen LogP contribution in [0.1, 0.15) is 25.5 Å². The summed E-state index contributed by atoms with van der Waals surface area (Å²) in [7, 11) is 0. The molecular weight excluding hydrogens is 274 g/mol. The van der Waals surface area contributed by atoms with Crippen molar-refractivity contribution in [1.82, 2.24) is 29.5 Å². The Bertz CT molecular complexity index is 546. The summed E-state index contributed by atoms with van der Waals surface area (Å²) in [5.41, 5.74) is 5.62. The van der Waals surface area contributed by atoms with Crippen LogP contribution >= 0.6 is 11.8 Å². The van der Waals surface area contributed by atoms with Gasteiger partial charge in [0.25, 0.3) is 0 Å². The van der Waals surface area contributed by atoms with Crippen LogP contribution in [0.25, 0.3) is 0 Å². The highest BCUT2D eigenvalue weighted by Crippen LogP contribution is 2.20. The van der Waals surface area contributed by atoms with Crippen LogP contribution in [0.5, 0.6) is 0 Å². The molecule has 110 valence electrons. The minimum absolute atomic E-state index is 0.545. The highest BCUT2D eigenvalue weighted by molar-refractivity contribution is 7.98. The van der Waals surface area contributed by atoms with Gasteiger partial charge in [0, 0.05) is 19.6 Å². The van der Waals surface area contributed by atoms with Crippen LogP contribution in [-0.4, -0.2) is 36.1 Å². The number of hydrogen-bond acceptors (Lipinski definition) is 6. The molecule has 0 saturated carbocycles. The fourth-order valence-corrected chi connectivity index (χ4v) is 2.84. The molecule has 0 aromatic carbocycles. The zero-order valence-corrected chi connectivity index (χ0v) is 13.0. The number of rotatable bonds is 7. The second kappa shape index (κ2) is 6.85. The minimum Gasteiger partial charge on any atom is -0.329 e. The van der Waals surface area contributed by atoms with Crippen LogP contribution in [-0.2, 0) is 18.8 Å². The first kappa shape index (κ1) is 15.0. The van der Waals surface area contributed by atoms with Crippen LogP contribution < -0.4 is 5.73 Å². The third-order valence-electron chi connectivity index (χ3n) is 2.82. The largest absolute Gasteiger partial charge is 0.329 e. The van der Waals surface area contributed by atoms with Crippen molar-refractivity contribution in [2.24, 2.45) is 11.7 Å². The molecule has 2 aromatic rings. The highest BCUT2D eigenvalue weighted by Gasteiger charge is 2.12. The maximum Gasteiger partial charge on any atom is 0.191 e. The summed E-state index contributed by atoms with van der Waals surface area (Å²) in [4.78, 5) is 4.32. The van der Waals surface area contributed by atoms with Crippen molar-refractivity contribution in [3.63, 3.8) is 0 Å². The molecular formula is C12H21N7S. The molecule has 0 spiro atoms. The van der Waals surface area contributed by atoms with Crippen molar-refractivity contribution in [2.75, 3.05) is 6.54 Å². The van der Waals surface area contributed by atoms with E-state index in [0.29, 0.717) is 12.5 Å². The molecule has 2 aromatic heterocycles. The van der Waals surface area contributed by atoms with Gasteiger partial charge < -0.3 is 10.3 Å². The van der Waals surface area contributed by atoms with Gasteiger partial charge >= 0.3 is 0 Å². The van der Waals surface area contributed by atoms with Crippen molar-refractivity contribution in [1.29, 1.82) is 0 Å². The standard InChI is InChI=1S/C12H21N7S/c1-9(2)6-19-11(14-8-15-19)7-20-12-17-16-10(3)18(12)5-4-13/h8-9H,4-7,13H2,1-3H3. The summed E-state index contributed by atoms with van der Waals surface area (Å²) in [5.74, 6) is 3.13. The maximum atomic E-state index is 5.62. The number of aromatic nitrogens is 6. The molecule has 0 unspecified atom stereocenters. The number of thioether (sulfide) groups is 1. The lowest BCUT2D eigenvalue weighted by Crippen LogP contribution is -2.12. The van der Waals surface area contributed by atoms with Gasteiger partial charge in [0.2, 0.25) is 0 Å². The lowest BCUT2D eigenvalue weighted by atomic mass is 10.2. The Morgan fingerprint density at radius 2 is 2.15 bits per heavy atom. The highest BCUT2D eigenvalue weighted by atomic mass is 32.2.